The number of ether oxygens (including phenoxy) is 3. The van der Waals surface area contributed by atoms with Crippen LogP contribution >= 0.6 is 0 Å². The number of methoxy groups -OCH3 is 3. The van der Waals surface area contributed by atoms with Crippen LogP contribution in [0, 0.1) is 20.2 Å². The molecule has 2 aromatic rings. The van der Waals surface area contributed by atoms with Gasteiger partial charge in [0.1, 0.15) is 30.4 Å². The third kappa shape index (κ3) is 9.00. The lowest BCUT2D eigenvalue weighted by molar-refractivity contribution is -0.789. The van der Waals surface area contributed by atoms with Crippen LogP contribution in [-0.2, 0) is 19.3 Å². The highest BCUT2D eigenvalue weighted by molar-refractivity contribution is 5.96. The second-order valence-corrected chi connectivity index (χ2v) is 6.12. The average molecular weight is 515 g/mol. The predicted molar refractivity (Wildman–Crippen MR) is 117 cm³/mol. The topological polar surface area (TPSA) is 245 Å². The number of rotatable bonds is 13. The monoisotopic (exact) mass is 515 g/mol. The number of carboxylic acids is 2. The molecule has 0 amide bonds. The highest BCUT2D eigenvalue weighted by Gasteiger charge is 2.21. The van der Waals surface area contributed by atoms with E-state index in [2.05, 4.69) is 25.0 Å². The first-order valence-electron chi connectivity index (χ1n) is 9.43. The summed E-state index contributed by atoms with van der Waals surface area (Å²) in [6.45, 7) is -0.859. The molecule has 196 valence electrons. The van der Waals surface area contributed by atoms with Crippen LogP contribution in [-0.4, -0.2) is 82.9 Å². The molecule has 3 N–H and O–H groups in total. The number of aliphatic carboxylic acids is 2. The van der Waals surface area contributed by atoms with E-state index in [4.69, 9.17) is 24.4 Å². The largest absolute Gasteiger partial charge is 0.493 e. The van der Waals surface area contributed by atoms with Crippen LogP contribution < -0.4 is 19.5 Å². The Morgan fingerprint density at radius 2 is 1.64 bits per heavy atom. The van der Waals surface area contributed by atoms with Gasteiger partial charge in [-0.05, 0) is 6.07 Å². The Balaban J connectivity index is 0.000000697. The number of anilines is 1. The Morgan fingerprint density at radius 1 is 1.03 bits per heavy atom. The Morgan fingerprint density at radius 3 is 2.11 bits per heavy atom. The molecule has 0 fully saturated rings. The van der Waals surface area contributed by atoms with Gasteiger partial charge >= 0.3 is 11.9 Å². The molecule has 0 aliphatic rings. The lowest BCUT2D eigenvalue weighted by Gasteiger charge is -2.17. The summed E-state index contributed by atoms with van der Waals surface area (Å²) in [6.07, 6.45) is 1.10. The van der Waals surface area contributed by atoms with Crippen LogP contribution in [0.2, 0.25) is 0 Å². The van der Waals surface area contributed by atoms with E-state index in [9.17, 15) is 29.8 Å². The highest BCUT2D eigenvalue weighted by atomic mass is 17.0. The summed E-state index contributed by atoms with van der Waals surface area (Å²) in [5, 5.41) is 37.7. The van der Waals surface area contributed by atoms with Gasteiger partial charge in [-0.25, -0.2) is 19.6 Å². The number of hydrogen-bond donors (Lipinski definition) is 3. The van der Waals surface area contributed by atoms with Crippen LogP contribution in [0.25, 0.3) is 10.9 Å². The summed E-state index contributed by atoms with van der Waals surface area (Å²) >= 11 is 0. The molecule has 18 heteroatoms. The summed E-state index contributed by atoms with van der Waals surface area (Å²) < 4.78 is 15.9. The van der Waals surface area contributed by atoms with Crippen LogP contribution in [0.1, 0.15) is 0 Å². The van der Waals surface area contributed by atoms with Gasteiger partial charge in [-0.1, -0.05) is 0 Å². The van der Waals surface area contributed by atoms with E-state index in [-0.39, 0.29) is 12.4 Å². The molecule has 1 aromatic carbocycles. The van der Waals surface area contributed by atoms with Crippen molar-refractivity contribution in [3.05, 3.63) is 44.8 Å². The van der Waals surface area contributed by atoms with E-state index in [1.807, 2.05) is 0 Å². The SMILES string of the molecule is COc1cc2c(NCC(CO[N+](=O)[O-])O[N+](=O)[O-])ncnc2c(OC)c1OC.O=C(O)/C=C/C(=O)O. The van der Waals surface area contributed by atoms with Crippen molar-refractivity contribution in [2.75, 3.05) is 39.8 Å². The molecule has 1 unspecified atom stereocenters. The smallest absolute Gasteiger partial charge is 0.328 e. The number of benzene rings is 1. The molecule has 0 radical (unpaired) electrons. The van der Waals surface area contributed by atoms with Crippen molar-refractivity contribution in [1.82, 2.24) is 9.97 Å². The lowest BCUT2D eigenvalue weighted by Crippen LogP contribution is -2.31. The molecule has 1 aromatic heterocycles. The third-order valence-corrected chi connectivity index (χ3v) is 3.90. The fourth-order valence-electron chi connectivity index (χ4n) is 2.55. The van der Waals surface area contributed by atoms with Gasteiger partial charge in [0, 0.05) is 18.7 Å². The molecule has 0 aliphatic heterocycles. The van der Waals surface area contributed by atoms with Crippen LogP contribution in [0.4, 0.5) is 5.82 Å². The predicted octanol–water partition coefficient (Wildman–Crippen LogP) is 0.564. The molecule has 36 heavy (non-hydrogen) atoms. The normalized spacial score (nSPS) is 11.0. The summed E-state index contributed by atoms with van der Waals surface area (Å²) in [6, 6.07) is 1.59. The average Bonchev–Trinajstić information content (AvgIpc) is 2.82. The maximum Gasteiger partial charge on any atom is 0.328 e. The Hall–Kier alpha value is -5.16. The Kier molecular flexibility index (Phi) is 11.4. The first-order chi connectivity index (χ1) is 17.0. The van der Waals surface area contributed by atoms with E-state index in [0.717, 1.165) is 0 Å². The van der Waals surface area contributed by atoms with Crippen LogP contribution in [0.15, 0.2) is 24.5 Å². The molecule has 0 saturated carbocycles. The number of nitrogens with one attached hydrogen (secondary N) is 1. The van der Waals surface area contributed by atoms with Gasteiger partial charge in [-0.15, -0.1) is 20.2 Å². The van der Waals surface area contributed by atoms with Crippen molar-refractivity contribution < 1.29 is 53.9 Å². The molecule has 1 heterocycles. The molecule has 0 spiro atoms. The van der Waals surface area contributed by atoms with Crippen molar-refractivity contribution in [2.24, 2.45) is 0 Å². The molecular formula is C18H21N5O13. The highest BCUT2D eigenvalue weighted by Crippen LogP contribution is 2.43. The van der Waals surface area contributed by atoms with Gasteiger partial charge in [0.25, 0.3) is 10.2 Å². The molecule has 0 aliphatic carbocycles. The maximum atomic E-state index is 10.6. The molecule has 0 saturated heterocycles. The third-order valence-electron chi connectivity index (χ3n) is 3.90. The number of nitrogens with zero attached hydrogens (tertiary/aromatic N) is 4. The zero-order chi connectivity index (χ0) is 27.3. The zero-order valence-electron chi connectivity index (χ0n) is 19.0. The first-order valence-corrected chi connectivity index (χ1v) is 9.43. The summed E-state index contributed by atoms with van der Waals surface area (Å²) in [4.78, 5) is 56.8. The second-order valence-electron chi connectivity index (χ2n) is 6.12. The molecule has 0 bridgehead atoms. The summed E-state index contributed by atoms with van der Waals surface area (Å²) in [5.74, 6) is -1.27. The van der Waals surface area contributed by atoms with E-state index in [1.54, 1.807) is 6.07 Å². The lowest BCUT2D eigenvalue weighted by atomic mass is 10.1. The Labute approximate surface area is 201 Å². The van der Waals surface area contributed by atoms with Crippen molar-refractivity contribution in [1.29, 1.82) is 0 Å². The fourth-order valence-corrected chi connectivity index (χ4v) is 2.55. The van der Waals surface area contributed by atoms with Gasteiger partial charge in [-0.2, -0.15) is 0 Å². The van der Waals surface area contributed by atoms with E-state index < -0.39 is 34.8 Å². The minimum Gasteiger partial charge on any atom is -0.493 e. The second kappa shape index (κ2) is 14.2. The quantitative estimate of drug-likeness (QED) is 0.187. The zero-order valence-corrected chi connectivity index (χ0v) is 19.0. The number of hydrogen-bond acceptors (Lipinski definition) is 14. The van der Waals surface area contributed by atoms with Crippen LogP contribution in [0.5, 0.6) is 17.2 Å². The number of aromatic nitrogens is 2. The van der Waals surface area contributed by atoms with Crippen molar-refractivity contribution >= 4 is 28.7 Å². The maximum absolute atomic E-state index is 10.6. The summed E-state index contributed by atoms with van der Waals surface area (Å²) in [7, 11) is 4.32. The van der Waals surface area contributed by atoms with E-state index in [1.165, 1.54) is 27.7 Å². The number of carboxylic acid groups (broad SMARTS) is 2. The van der Waals surface area contributed by atoms with Gasteiger partial charge in [0.15, 0.2) is 11.5 Å². The van der Waals surface area contributed by atoms with Crippen molar-refractivity contribution in [2.45, 2.75) is 6.10 Å². The van der Waals surface area contributed by atoms with Crippen molar-refractivity contribution in [3.63, 3.8) is 0 Å². The first kappa shape index (κ1) is 28.9. The number of carbonyl (C=O) groups is 2. The Bertz CT molecular complexity index is 1110. The molecule has 1 atom stereocenters. The van der Waals surface area contributed by atoms with Crippen LogP contribution in [0.3, 0.4) is 0 Å². The molecular weight excluding hydrogens is 494 g/mol. The van der Waals surface area contributed by atoms with E-state index >= 15 is 0 Å². The minimum atomic E-state index is -1.26. The standard InChI is InChI=1S/C14H17N5O9.C4H4O4/c1-24-10-4-9-11(13(26-3)12(10)25-2)16-7-17-14(9)15-5-8(28-19(22)23)6-27-18(20)21;5-3(6)1-2-4(7)8/h4,7-8H,5-6H2,1-3H3,(H,15,16,17);1-2H,(H,5,6)(H,7,8)/b;2-1+. The van der Waals surface area contributed by atoms with Gasteiger partial charge in [0.2, 0.25) is 5.75 Å². The molecule has 18 nitrogen and oxygen atoms in total. The van der Waals surface area contributed by atoms with Gasteiger partial charge < -0.3 is 39.4 Å². The summed E-state index contributed by atoms with van der Waals surface area (Å²) in [5.41, 5.74) is 0.394. The van der Waals surface area contributed by atoms with E-state index in [0.29, 0.717) is 40.3 Å². The molecule has 2 rings (SSSR count). The fraction of sp³-hybridized carbons (Fsp3) is 0.333. The van der Waals surface area contributed by atoms with Gasteiger partial charge in [0.05, 0.1) is 26.7 Å². The number of fused-ring (bicyclic) bond motifs is 1. The minimum absolute atomic E-state index is 0.211. The van der Waals surface area contributed by atoms with Gasteiger partial charge in [-0.3, -0.25) is 0 Å². The van der Waals surface area contributed by atoms with Crippen molar-refractivity contribution in [3.8, 4) is 17.2 Å².